The first kappa shape index (κ1) is 12.7. The Labute approximate surface area is 94.5 Å². The fraction of sp³-hybridized carbons (Fsp3) is 0.300. The molecule has 2 N–H and O–H groups in total. The van der Waals surface area contributed by atoms with Crippen LogP contribution in [0.15, 0.2) is 24.3 Å². The molecule has 0 heterocycles. The lowest BCUT2D eigenvalue weighted by atomic mass is 10.3. The molecule has 5 nitrogen and oxygen atoms in total. The summed E-state index contributed by atoms with van der Waals surface area (Å²) < 4.78 is 29.0. The van der Waals surface area contributed by atoms with Crippen LogP contribution in [-0.2, 0) is 14.8 Å². The minimum atomic E-state index is -3.47. The highest BCUT2D eigenvalue weighted by molar-refractivity contribution is 7.85. The third-order valence-corrected chi connectivity index (χ3v) is 3.28. The molecule has 0 saturated carbocycles. The molecule has 16 heavy (non-hydrogen) atoms. The van der Waals surface area contributed by atoms with Gasteiger partial charge in [0.05, 0.1) is 7.11 Å². The molecule has 0 aromatic heterocycles. The third kappa shape index (κ3) is 4.00. The van der Waals surface area contributed by atoms with E-state index in [0.29, 0.717) is 11.4 Å². The maximum Gasteiger partial charge on any atom is 0.305 e. The number of carbonyl (C=O) groups excluding carboxylic acids is 1. The van der Waals surface area contributed by atoms with Crippen molar-refractivity contribution < 1.29 is 22.7 Å². The van der Waals surface area contributed by atoms with Gasteiger partial charge in [-0.2, -0.15) is 8.42 Å². The summed E-state index contributed by atoms with van der Waals surface area (Å²) in [6.45, 7) is 1.25. The molecular weight excluding hydrogens is 230 g/mol. The smallest absolute Gasteiger partial charge is 0.305 e. The van der Waals surface area contributed by atoms with Crippen LogP contribution in [0.3, 0.4) is 0 Å². The minimum Gasteiger partial charge on any atom is -0.497 e. The summed E-state index contributed by atoms with van der Waals surface area (Å²) in [6, 6.07) is 6.57. The second-order valence-corrected chi connectivity index (χ2v) is 5.25. The number of rotatable bonds is 5. The van der Waals surface area contributed by atoms with Crippen LogP contribution in [0.4, 0.5) is 5.69 Å². The molecule has 0 aliphatic heterocycles. The molecular formula is C10H14NO4S+. The van der Waals surface area contributed by atoms with Crippen molar-refractivity contribution in [3.63, 3.8) is 0 Å². The van der Waals surface area contributed by atoms with E-state index < -0.39 is 15.8 Å². The number of Topliss-reactive ketones (excluding diaryl/α,β-unsaturated/α-hetero) is 1. The number of nitrogens with two attached hydrogens (primary N) is 1. The van der Waals surface area contributed by atoms with Crippen LogP contribution < -0.4 is 9.46 Å². The number of hydrogen-bond donors (Lipinski definition) is 1. The largest absolute Gasteiger partial charge is 0.497 e. The highest BCUT2D eigenvalue weighted by Crippen LogP contribution is 2.11. The molecule has 1 aromatic rings. The molecule has 0 bridgehead atoms. The Kier molecular flexibility index (Phi) is 4.03. The number of benzene rings is 1. The van der Waals surface area contributed by atoms with Crippen LogP contribution in [0.1, 0.15) is 6.92 Å². The van der Waals surface area contributed by atoms with E-state index in [2.05, 4.69) is 0 Å². The number of carbonyl (C=O) groups is 1. The van der Waals surface area contributed by atoms with Gasteiger partial charge in [-0.05, 0) is 19.1 Å². The molecule has 6 heteroatoms. The van der Waals surface area contributed by atoms with Crippen LogP contribution in [0.25, 0.3) is 0 Å². The number of hydrogen-bond acceptors (Lipinski definition) is 4. The van der Waals surface area contributed by atoms with Crippen LogP contribution in [0.5, 0.6) is 5.75 Å². The Morgan fingerprint density at radius 3 is 2.31 bits per heavy atom. The van der Waals surface area contributed by atoms with Crippen LogP contribution in [-0.4, -0.2) is 27.1 Å². The van der Waals surface area contributed by atoms with Crippen molar-refractivity contribution in [1.82, 2.24) is 0 Å². The minimum absolute atomic E-state index is 0.371. The fourth-order valence-electron chi connectivity index (χ4n) is 1.21. The Balaban J connectivity index is 2.76. The summed E-state index contributed by atoms with van der Waals surface area (Å²) in [7, 11) is -1.94. The number of sulfonamides is 1. The van der Waals surface area contributed by atoms with Gasteiger partial charge in [0.25, 0.3) is 0 Å². The van der Waals surface area contributed by atoms with Gasteiger partial charge in [-0.1, -0.05) is 0 Å². The maximum atomic E-state index is 11.5. The lowest BCUT2D eigenvalue weighted by molar-refractivity contribution is -0.396. The molecule has 0 radical (unpaired) electrons. The standard InChI is InChI=1S/C10H13NO4S/c1-8(12)7-16(13,14)11-9-3-5-10(15-2)6-4-9/h3-6,11H,7H2,1-2H3/p+1. The lowest BCUT2D eigenvalue weighted by Crippen LogP contribution is -2.82. The van der Waals surface area contributed by atoms with Crippen molar-refractivity contribution in [2.45, 2.75) is 6.92 Å². The van der Waals surface area contributed by atoms with E-state index in [1.165, 1.54) is 14.0 Å². The average molecular weight is 244 g/mol. The van der Waals surface area contributed by atoms with E-state index in [-0.39, 0.29) is 5.78 Å². The van der Waals surface area contributed by atoms with Crippen LogP contribution in [0, 0.1) is 0 Å². The molecule has 0 fully saturated rings. The summed E-state index contributed by atoms with van der Waals surface area (Å²) in [5.74, 6) is -0.176. The predicted octanol–water partition coefficient (Wildman–Crippen LogP) is -0.191. The first-order valence-electron chi connectivity index (χ1n) is 4.64. The summed E-state index contributed by atoms with van der Waals surface area (Å²) in [5.41, 5.74) is 0.530. The van der Waals surface area contributed by atoms with Crippen molar-refractivity contribution >= 4 is 21.5 Å². The molecule has 0 unspecified atom stereocenters. The molecule has 0 saturated heterocycles. The van der Waals surface area contributed by atoms with Crippen molar-refractivity contribution in [3.05, 3.63) is 24.3 Å². The Morgan fingerprint density at radius 2 is 1.88 bits per heavy atom. The number of primary sulfonamides is 1. The van der Waals surface area contributed by atoms with E-state index in [1.807, 2.05) is 0 Å². The number of methoxy groups -OCH3 is 1. The van der Waals surface area contributed by atoms with Crippen molar-refractivity contribution in [2.75, 3.05) is 12.9 Å². The fourth-order valence-corrected chi connectivity index (χ4v) is 2.44. The van der Waals surface area contributed by atoms with Crippen molar-refractivity contribution in [3.8, 4) is 5.75 Å². The van der Waals surface area contributed by atoms with Crippen LogP contribution in [0.2, 0.25) is 0 Å². The molecule has 1 aromatic carbocycles. The number of ether oxygens (including phenoxy) is 1. The summed E-state index contributed by atoms with van der Waals surface area (Å²) in [6.07, 6.45) is 0. The molecule has 0 spiro atoms. The Hall–Kier alpha value is -1.40. The summed E-state index contributed by atoms with van der Waals surface area (Å²) in [5, 5.41) is 0. The first-order chi connectivity index (χ1) is 7.43. The van der Waals surface area contributed by atoms with Gasteiger partial charge in [0.1, 0.15) is 11.4 Å². The monoisotopic (exact) mass is 244 g/mol. The van der Waals surface area contributed by atoms with Gasteiger partial charge in [0, 0.05) is 12.1 Å². The van der Waals surface area contributed by atoms with Gasteiger partial charge >= 0.3 is 10.0 Å². The predicted molar refractivity (Wildman–Crippen MR) is 59.0 cm³/mol. The quantitative estimate of drug-likeness (QED) is 0.728. The normalized spacial score (nSPS) is 11.1. The van der Waals surface area contributed by atoms with E-state index in [4.69, 9.17) is 4.74 Å². The zero-order valence-corrected chi connectivity index (χ0v) is 9.95. The van der Waals surface area contributed by atoms with E-state index >= 15 is 0 Å². The van der Waals surface area contributed by atoms with E-state index in [1.54, 1.807) is 24.3 Å². The number of ketones is 1. The van der Waals surface area contributed by atoms with E-state index in [9.17, 15) is 13.2 Å². The van der Waals surface area contributed by atoms with Crippen LogP contribution >= 0.6 is 0 Å². The Bertz CT molecular complexity index is 464. The highest BCUT2D eigenvalue weighted by Gasteiger charge is 2.17. The molecule has 0 aliphatic carbocycles. The highest BCUT2D eigenvalue weighted by atomic mass is 32.2. The first-order valence-corrected chi connectivity index (χ1v) is 6.35. The molecule has 1 rings (SSSR count). The molecule has 0 atom stereocenters. The average Bonchev–Trinajstić information content (AvgIpc) is 2.16. The Morgan fingerprint density at radius 1 is 1.31 bits per heavy atom. The second kappa shape index (κ2) is 5.09. The lowest BCUT2D eigenvalue weighted by Gasteiger charge is -2.02. The van der Waals surface area contributed by atoms with E-state index in [0.717, 1.165) is 4.72 Å². The second-order valence-electron chi connectivity index (χ2n) is 3.40. The van der Waals surface area contributed by atoms with Crippen molar-refractivity contribution in [2.24, 2.45) is 0 Å². The summed E-state index contributed by atoms with van der Waals surface area (Å²) >= 11 is 0. The van der Waals surface area contributed by atoms with Gasteiger partial charge in [-0.25, -0.2) is 4.72 Å². The molecule has 0 amide bonds. The zero-order valence-electron chi connectivity index (χ0n) is 9.14. The summed E-state index contributed by atoms with van der Waals surface area (Å²) in [4.78, 5) is 10.7. The maximum absolute atomic E-state index is 11.5. The van der Waals surface area contributed by atoms with Gasteiger partial charge < -0.3 is 4.74 Å². The third-order valence-electron chi connectivity index (χ3n) is 1.84. The molecule has 88 valence electrons. The van der Waals surface area contributed by atoms with Gasteiger partial charge in [0.2, 0.25) is 0 Å². The van der Waals surface area contributed by atoms with Gasteiger partial charge in [-0.3, -0.25) is 4.79 Å². The van der Waals surface area contributed by atoms with Gasteiger partial charge in [0.15, 0.2) is 11.5 Å². The topological polar surface area (TPSA) is 77.0 Å². The SMILES string of the molecule is COc1ccc([NH2+]S(=O)(=O)CC(C)=O)cc1. The number of quaternary nitrogens is 1. The van der Waals surface area contributed by atoms with Crippen molar-refractivity contribution in [1.29, 1.82) is 0 Å². The zero-order chi connectivity index (χ0) is 12.2. The van der Waals surface area contributed by atoms with Gasteiger partial charge in [-0.15, -0.1) is 0 Å². The molecule has 0 aliphatic rings.